The largest absolute Gasteiger partial charge is 0.477 e. The highest BCUT2D eigenvalue weighted by atomic mass is 19.4. The lowest BCUT2D eigenvalue weighted by Crippen LogP contribution is -2.54. The van der Waals surface area contributed by atoms with Crippen molar-refractivity contribution in [1.29, 1.82) is 0 Å². The predicted octanol–water partition coefficient (Wildman–Crippen LogP) is 4.87. The van der Waals surface area contributed by atoms with Crippen molar-refractivity contribution in [2.24, 2.45) is 0 Å². The molecular formula is C30H32F3N7O2. The standard InChI is InChI=1S/C30H32F3N7O2/c1-4-42-27-22(6-5-12-35-27)24-17-37-26(18-36-24)29(28(41)38-21-9-13-39(3)19-21)10-14-40(15-11-29)25-8-7-20(30(31,32)33)16-23(25)34-2/h5-8,12,16-18,21H,4,9-11,13-15,19H2,1,3H3,(H,38,41)/t21-/m1/s1. The lowest BCUT2D eigenvalue weighted by atomic mass is 9.74. The molecule has 0 aliphatic carbocycles. The summed E-state index contributed by atoms with van der Waals surface area (Å²) in [4.78, 5) is 35.0. The van der Waals surface area contributed by atoms with Gasteiger partial charge in [0.05, 0.1) is 47.9 Å². The fourth-order valence-corrected chi connectivity index (χ4v) is 5.71. The molecule has 1 N–H and O–H groups in total. The maximum absolute atomic E-state index is 14.0. The molecule has 12 heteroatoms. The van der Waals surface area contributed by atoms with Gasteiger partial charge in [-0.15, -0.1) is 0 Å². The average molecular weight is 580 g/mol. The van der Waals surface area contributed by atoms with Crippen LogP contribution in [-0.2, 0) is 16.4 Å². The Morgan fingerprint density at radius 1 is 1.17 bits per heavy atom. The minimum atomic E-state index is -4.54. The van der Waals surface area contributed by atoms with E-state index in [1.807, 2.05) is 24.9 Å². The number of piperidine rings is 1. The summed E-state index contributed by atoms with van der Waals surface area (Å²) in [5.41, 5.74) is 0.273. The highest BCUT2D eigenvalue weighted by Crippen LogP contribution is 2.41. The first-order valence-electron chi connectivity index (χ1n) is 13.9. The smallest absolute Gasteiger partial charge is 0.415 e. The quantitative estimate of drug-likeness (QED) is 0.400. The third kappa shape index (κ3) is 5.87. The summed E-state index contributed by atoms with van der Waals surface area (Å²) in [5, 5.41) is 3.22. The van der Waals surface area contributed by atoms with Crippen LogP contribution < -0.4 is 15.0 Å². The normalized spacial score (nSPS) is 18.9. The third-order valence-electron chi connectivity index (χ3n) is 8.01. The van der Waals surface area contributed by atoms with Crippen molar-refractivity contribution in [2.75, 3.05) is 44.7 Å². The van der Waals surface area contributed by atoms with Gasteiger partial charge in [0.1, 0.15) is 0 Å². The molecule has 0 spiro atoms. The van der Waals surface area contributed by atoms with E-state index in [0.717, 1.165) is 31.6 Å². The van der Waals surface area contributed by atoms with E-state index in [1.54, 1.807) is 24.7 Å². The van der Waals surface area contributed by atoms with Crippen LogP contribution in [0.5, 0.6) is 5.88 Å². The predicted molar refractivity (Wildman–Crippen MR) is 151 cm³/mol. The second-order valence-electron chi connectivity index (χ2n) is 10.7. The zero-order valence-corrected chi connectivity index (χ0v) is 23.5. The molecule has 1 aromatic carbocycles. The number of halogens is 3. The zero-order chi connectivity index (χ0) is 29.9. The number of alkyl halides is 3. The number of nitrogens with one attached hydrogen (secondary N) is 1. The van der Waals surface area contributed by atoms with Gasteiger partial charge in [-0.1, -0.05) is 6.07 Å². The Balaban J connectivity index is 1.44. The van der Waals surface area contributed by atoms with E-state index >= 15 is 0 Å². The summed E-state index contributed by atoms with van der Waals surface area (Å²) in [5.74, 6) is 0.305. The molecule has 220 valence electrons. The molecule has 2 aliphatic heterocycles. The molecule has 2 fully saturated rings. The highest BCUT2D eigenvalue weighted by Gasteiger charge is 2.46. The van der Waals surface area contributed by atoms with Gasteiger partial charge >= 0.3 is 6.18 Å². The van der Waals surface area contributed by atoms with Crippen LogP contribution in [0.3, 0.4) is 0 Å². The molecule has 42 heavy (non-hydrogen) atoms. The second kappa shape index (κ2) is 11.9. The van der Waals surface area contributed by atoms with E-state index in [-0.39, 0.29) is 17.6 Å². The maximum Gasteiger partial charge on any atom is 0.415 e. The lowest BCUT2D eigenvalue weighted by Gasteiger charge is -2.42. The Labute approximate surface area is 242 Å². The molecule has 0 radical (unpaired) electrons. The van der Waals surface area contributed by atoms with Gasteiger partial charge in [0.2, 0.25) is 17.5 Å². The molecule has 0 unspecified atom stereocenters. The van der Waals surface area contributed by atoms with Gasteiger partial charge in [-0.3, -0.25) is 14.8 Å². The van der Waals surface area contributed by atoms with Crippen molar-refractivity contribution >= 4 is 17.3 Å². The first-order valence-corrected chi connectivity index (χ1v) is 13.9. The van der Waals surface area contributed by atoms with Gasteiger partial charge in [0, 0.05) is 43.1 Å². The summed E-state index contributed by atoms with van der Waals surface area (Å²) >= 11 is 0. The van der Waals surface area contributed by atoms with Gasteiger partial charge in [-0.25, -0.2) is 9.83 Å². The number of benzene rings is 1. The number of anilines is 1. The van der Waals surface area contributed by atoms with Crippen molar-refractivity contribution in [3.8, 4) is 17.1 Å². The number of rotatable bonds is 7. The van der Waals surface area contributed by atoms with Crippen LogP contribution in [0.4, 0.5) is 24.5 Å². The number of ether oxygens (including phenoxy) is 1. The maximum atomic E-state index is 14.0. The van der Waals surface area contributed by atoms with E-state index in [1.165, 1.54) is 6.07 Å². The van der Waals surface area contributed by atoms with Gasteiger partial charge in [-0.05, 0) is 64.0 Å². The zero-order valence-electron chi connectivity index (χ0n) is 23.5. The molecular weight excluding hydrogens is 547 g/mol. The first kappa shape index (κ1) is 29.3. The molecule has 2 saturated heterocycles. The summed E-state index contributed by atoms with van der Waals surface area (Å²) in [6, 6.07) is 6.86. The molecule has 5 rings (SSSR count). The van der Waals surface area contributed by atoms with Gasteiger partial charge in [0.25, 0.3) is 0 Å². The molecule has 0 bridgehead atoms. The third-order valence-corrected chi connectivity index (χ3v) is 8.01. The van der Waals surface area contributed by atoms with Crippen molar-refractivity contribution < 1.29 is 22.7 Å². The van der Waals surface area contributed by atoms with Crippen LogP contribution in [0.2, 0.25) is 0 Å². The Hall–Kier alpha value is -4.24. The number of likely N-dealkylation sites (tertiary alicyclic amines) is 1. The van der Waals surface area contributed by atoms with Gasteiger partial charge in [0.15, 0.2) is 0 Å². The summed E-state index contributed by atoms with van der Waals surface area (Å²) in [7, 11) is 2.01. The summed E-state index contributed by atoms with van der Waals surface area (Å²) in [6.45, 7) is 12.2. The van der Waals surface area contributed by atoms with Crippen LogP contribution in [0, 0.1) is 6.57 Å². The number of carbonyl (C=O) groups excluding carboxylic acids is 1. The van der Waals surface area contributed by atoms with Crippen LogP contribution in [-0.4, -0.2) is 71.6 Å². The Kier molecular flexibility index (Phi) is 8.31. The van der Waals surface area contributed by atoms with Gasteiger partial charge < -0.3 is 19.9 Å². The van der Waals surface area contributed by atoms with E-state index < -0.39 is 17.2 Å². The minimum Gasteiger partial charge on any atom is -0.477 e. The van der Waals surface area contributed by atoms with E-state index in [2.05, 4.69) is 25.0 Å². The minimum absolute atomic E-state index is 0.0115. The lowest BCUT2D eigenvalue weighted by molar-refractivity contribution is -0.137. The van der Waals surface area contributed by atoms with Crippen LogP contribution in [0.15, 0.2) is 48.9 Å². The van der Waals surface area contributed by atoms with E-state index in [4.69, 9.17) is 16.3 Å². The molecule has 1 atom stereocenters. The molecule has 3 aromatic rings. The van der Waals surface area contributed by atoms with Crippen LogP contribution in [0.25, 0.3) is 16.1 Å². The number of carbonyl (C=O) groups is 1. The van der Waals surface area contributed by atoms with Gasteiger partial charge in [-0.2, -0.15) is 13.2 Å². The number of hydrogen-bond acceptors (Lipinski definition) is 7. The Morgan fingerprint density at radius 2 is 1.95 bits per heavy atom. The van der Waals surface area contributed by atoms with Crippen LogP contribution >= 0.6 is 0 Å². The monoisotopic (exact) mass is 579 g/mol. The van der Waals surface area contributed by atoms with Crippen molar-refractivity contribution in [1.82, 2.24) is 25.2 Å². The first-order chi connectivity index (χ1) is 20.1. The second-order valence-corrected chi connectivity index (χ2v) is 10.7. The topological polar surface area (TPSA) is 87.8 Å². The summed E-state index contributed by atoms with van der Waals surface area (Å²) < 4.78 is 45.4. The molecule has 2 aromatic heterocycles. The Bertz CT molecular complexity index is 1460. The number of aromatic nitrogens is 3. The number of likely N-dealkylation sites (N-methyl/N-ethyl adjacent to an activating group) is 1. The number of hydrogen-bond donors (Lipinski definition) is 1. The van der Waals surface area contributed by atoms with E-state index in [9.17, 15) is 18.0 Å². The fourth-order valence-electron chi connectivity index (χ4n) is 5.71. The molecule has 2 aliphatic rings. The Morgan fingerprint density at radius 3 is 2.57 bits per heavy atom. The van der Waals surface area contributed by atoms with Crippen molar-refractivity contribution in [2.45, 2.75) is 43.8 Å². The highest BCUT2D eigenvalue weighted by molar-refractivity contribution is 5.88. The summed E-state index contributed by atoms with van der Waals surface area (Å²) in [6.07, 6.45) is 1.89. The number of amides is 1. The fraction of sp³-hybridized carbons (Fsp3) is 0.433. The molecule has 0 saturated carbocycles. The van der Waals surface area contributed by atoms with Crippen molar-refractivity contribution in [3.05, 3.63) is 71.6 Å². The number of nitrogens with zero attached hydrogens (tertiary/aromatic N) is 6. The SMILES string of the molecule is [C-]#[N+]c1cc(C(F)(F)F)ccc1N1CCC(C(=O)N[C@@H]2CCN(C)C2)(c2cnc(-c3cccnc3OCC)cn2)CC1. The van der Waals surface area contributed by atoms with Crippen LogP contribution in [0.1, 0.15) is 37.4 Å². The molecule has 1 amide bonds. The molecule has 9 nitrogen and oxygen atoms in total. The molecule has 4 heterocycles. The van der Waals surface area contributed by atoms with E-state index in [0.29, 0.717) is 61.1 Å². The van der Waals surface area contributed by atoms with Crippen molar-refractivity contribution in [3.63, 3.8) is 0 Å². The number of pyridine rings is 1. The average Bonchev–Trinajstić information content (AvgIpc) is 3.41.